The average molecular weight is 472 g/mol. The molecule has 2 N–H and O–H groups in total. The third kappa shape index (κ3) is 7.33. The molecule has 6 heteroatoms. The Morgan fingerprint density at radius 1 is 1.08 bits per heavy atom. The first-order valence-corrected chi connectivity index (χ1v) is 9.22. The molecule has 0 aliphatic heterocycles. The normalized spacial score (nSPS) is 11.5. The maximum atomic E-state index is 4.31. The molecule has 0 unspecified atom stereocenters. The van der Waals surface area contributed by atoms with E-state index in [0.29, 0.717) is 6.04 Å². The van der Waals surface area contributed by atoms with Crippen LogP contribution in [0, 0.1) is 0 Å². The molecule has 1 aromatic carbocycles. The van der Waals surface area contributed by atoms with Crippen LogP contribution in [0.3, 0.4) is 0 Å². The molecule has 0 bridgehead atoms. The minimum absolute atomic E-state index is 0. The topological polar surface area (TPSA) is 39.7 Å². The van der Waals surface area contributed by atoms with Gasteiger partial charge in [0.05, 0.1) is 6.54 Å². The van der Waals surface area contributed by atoms with Crippen LogP contribution in [-0.4, -0.2) is 31.0 Å². The van der Waals surface area contributed by atoms with Gasteiger partial charge in [0.1, 0.15) is 0 Å². The molecule has 0 aliphatic carbocycles. The quantitative estimate of drug-likeness (QED) is 0.363. The second-order valence-corrected chi connectivity index (χ2v) is 7.17. The van der Waals surface area contributed by atoms with Gasteiger partial charge in [-0.1, -0.05) is 30.3 Å². The van der Waals surface area contributed by atoms with Crippen molar-refractivity contribution in [1.82, 2.24) is 15.5 Å². The van der Waals surface area contributed by atoms with Gasteiger partial charge in [-0.25, -0.2) is 0 Å². The van der Waals surface area contributed by atoms with E-state index >= 15 is 0 Å². The fraction of sp³-hybridized carbons (Fsp3) is 0.421. The highest BCUT2D eigenvalue weighted by molar-refractivity contribution is 14.0. The number of hydrogen-bond acceptors (Lipinski definition) is 3. The molecule has 1 aromatic heterocycles. The SMILES string of the molecule is CN=C(NCc1cccs1)NCc1ccccc1CN(C)C(C)C.I. The van der Waals surface area contributed by atoms with Gasteiger partial charge >= 0.3 is 0 Å². The Morgan fingerprint density at radius 2 is 1.76 bits per heavy atom. The summed E-state index contributed by atoms with van der Waals surface area (Å²) in [5.41, 5.74) is 2.67. The summed E-state index contributed by atoms with van der Waals surface area (Å²) in [5, 5.41) is 8.87. The van der Waals surface area contributed by atoms with Crippen molar-refractivity contribution < 1.29 is 0 Å². The molecular formula is C19H29IN4S. The third-order valence-electron chi connectivity index (χ3n) is 4.10. The molecule has 4 nitrogen and oxygen atoms in total. The summed E-state index contributed by atoms with van der Waals surface area (Å²) in [6, 6.07) is 13.3. The van der Waals surface area contributed by atoms with Crippen molar-refractivity contribution in [3.05, 3.63) is 57.8 Å². The zero-order chi connectivity index (χ0) is 17.4. The van der Waals surface area contributed by atoms with Crippen LogP contribution >= 0.6 is 35.3 Å². The first-order valence-electron chi connectivity index (χ1n) is 8.34. The van der Waals surface area contributed by atoms with E-state index in [1.807, 2.05) is 7.05 Å². The largest absolute Gasteiger partial charge is 0.352 e. The zero-order valence-electron chi connectivity index (χ0n) is 15.5. The van der Waals surface area contributed by atoms with Crippen LogP contribution in [-0.2, 0) is 19.6 Å². The van der Waals surface area contributed by atoms with Crippen LogP contribution in [0.1, 0.15) is 29.9 Å². The number of benzene rings is 1. The van der Waals surface area contributed by atoms with Gasteiger partial charge in [-0.05, 0) is 43.5 Å². The maximum absolute atomic E-state index is 4.31. The molecule has 0 saturated heterocycles. The predicted octanol–water partition coefficient (Wildman–Crippen LogP) is 4.07. The highest BCUT2D eigenvalue weighted by Gasteiger charge is 2.08. The van der Waals surface area contributed by atoms with Crippen LogP contribution in [0.15, 0.2) is 46.8 Å². The summed E-state index contributed by atoms with van der Waals surface area (Å²) >= 11 is 1.75. The minimum atomic E-state index is 0. The maximum Gasteiger partial charge on any atom is 0.191 e. The van der Waals surface area contributed by atoms with Crippen molar-refractivity contribution in [3.63, 3.8) is 0 Å². The second-order valence-electron chi connectivity index (χ2n) is 6.14. The van der Waals surface area contributed by atoms with Crippen molar-refractivity contribution in [1.29, 1.82) is 0 Å². The molecule has 2 rings (SSSR count). The number of hydrogen-bond donors (Lipinski definition) is 2. The van der Waals surface area contributed by atoms with E-state index in [1.165, 1.54) is 16.0 Å². The number of rotatable bonds is 7. The number of thiophene rings is 1. The molecule has 2 aromatic rings. The first kappa shape index (κ1) is 21.9. The lowest BCUT2D eigenvalue weighted by Gasteiger charge is -2.23. The number of nitrogens with one attached hydrogen (secondary N) is 2. The standard InChI is InChI=1S/C19H28N4S.HI/c1-15(2)23(4)14-17-9-6-5-8-16(17)12-21-19(20-3)22-13-18-10-7-11-24-18;/h5-11,15H,12-14H2,1-4H3,(H2,20,21,22);1H. The van der Waals surface area contributed by atoms with E-state index in [-0.39, 0.29) is 24.0 Å². The fourth-order valence-corrected chi connectivity index (χ4v) is 2.96. The van der Waals surface area contributed by atoms with E-state index in [2.05, 4.69) is 83.2 Å². The molecule has 0 fully saturated rings. The molecule has 138 valence electrons. The van der Waals surface area contributed by atoms with Gasteiger partial charge in [-0.3, -0.25) is 9.89 Å². The van der Waals surface area contributed by atoms with Gasteiger partial charge in [0.15, 0.2) is 5.96 Å². The second kappa shape index (κ2) is 11.5. The Kier molecular flexibility index (Phi) is 10.1. The van der Waals surface area contributed by atoms with Crippen LogP contribution in [0.4, 0.5) is 0 Å². The lowest BCUT2D eigenvalue weighted by Crippen LogP contribution is -2.36. The molecule has 0 radical (unpaired) electrons. The van der Waals surface area contributed by atoms with Crippen LogP contribution in [0.25, 0.3) is 0 Å². The summed E-state index contributed by atoms with van der Waals surface area (Å²) in [5.74, 6) is 0.829. The van der Waals surface area contributed by atoms with Gasteiger partial charge in [0.25, 0.3) is 0 Å². The highest BCUT2D eigenvalue weighted by Crippen LogP contribution is 2.12. The molecule has 0 spiro atoms. The van der Waals surface area contributed by atoms with Gasteiger partial charge < -0.3 is 10.6 Å². The van der Waals surface area contributed by atoms with Crippen molar-refractivity contribution in [2.24, 2.45) is 4.99 Å². The van der Waals surface area contributed by atoms with Gasteiger partial charge in [0, 0.05) is 31.1 Å². The summed E-state index contributed by atoms with van der Waals surface area (Å²) < 4.78 is 0. The summed E-state index contributed by atoms with van der Waals surface area (Å²) in [7, 11) is 3.97. The molecule has 0 atom stereocenters. The summed E-state index contributed by atoms with van der Waals surface area (Å²) in [6.07, 6.45) is 0. The Balaban J connectivity index is 0.00000312. The van der Waals surface area contributed by atoms with Gasteiger partial charge in [-0.2, -0.15) is 0 Å². The molecule has 1 heterocycles. The van der Waals surface area contributed by atoms with Gasteiger partial charge in [0.2, 0.25) is 0 Å². The summed E-state index contributed by atoms with van der Waals surface area (Å²) in [4.78, 5) is 7.96. The molecule has 25 heavy (non-hydrogen) atoms. The smallest absolute Gasteiger partial charge is 0.191 e. The fourth-order valence-electron chi connectivity index (χ4n) is 2.32. The first-order chi connectivity index (χ1) is 11.6. The van der Waals surface area contributed by atoms with Crippen LogP contribution in [0.2, 0.25) is 0 Å². The Morgan fingerprint density at radius 3 is 2.36 bits per heavy atom. The van der Waals surface area contributed by atoms with Gasteiger partial charge in [-0.15, -0.1) is 35.3 Å². The van der Waals surface area contributed by atoms with Crippen molar-refractivity contribution >= 4 is 41.3 Å². The molecule has 0 amide bonds. The number of guanidine groups is 1. The lowest BCUT2D eigenvalue weighted by molar-refractivity contribution is 0.265. The molecular weight excluding hydrogens is 443 g/mol. The zero-order valence-corrected chi connectivity index (χ0v) is 18.6. The van der Waals surface area contributed by atoms with E-state index in [4.69, 9.17) is 0 Å². The Hall–Kier alpha value is -1.12. The van der Waals surface area contributed by atoms with Crippen LogP contribution < -0.4 is 10.6 Å². The van der Waals surface area contributed by atoms with E-state index in [0.717, 1.165) is 25.6 Å². The predicted molar refractivity (Wildman–Crippen MR) is 120 cm³/mol. The van der Waals surface area contributed by atoms with Crippen molar-refractivity contribution in [2.45, 2.75) is 39.5 Å². The number of aliphatic imine (C=N–C) groups is 1. The Labute approximate surface area is 172 Å². The molecule has 0 aliphatic rings. The number of nitrogens with zero attached hydrogens (tertiary/aromatic N) is 2. The summed E-state index contributed by atoms with van der Waals surface area (Å²) in [6.45, 7) is 6.96. The van der Waals surface area contributed by atoms with Crippen LogP contribution in [0.5, 0.6) is 0 Å². The third-order valence-corrected chi connectivity index (χ3v) is 4.98. The highest BCUT2D eigenvalue weighted by atomic mass is 127. The average Bonchev–Trinajstić information content (AvgIpc) is 3.09. The molecule has 0 saturated carbocycles. The van der Waals surface area contributed by atoms with Crippen molar-refractivity contribution in [2.75, 3.05) is 14.1 Å². The van der Waals surface area contributed by atoms with Crippen molar-refractivity contribution in [3.8, 4) is 0 Å². The lowest BCUT2D eigenvalue weighted by atomic mass is 10.1. The van der Waals surface area contributed by atoms with E-state index in [1.54, 1.807) is 11.3 Å². The van der Waals surface area contributed by atoms with E-state index in [9.17, 15) is 0 Å². The monoisotopic (exact) mass is 472 g/mol. The van der Waals surface area contributed by atoms with E-state index < -0.39 is 0 Å². The number of halogens is 1. The Bertz CT molecular complexity index is 641. The minimum Gasteiger partial charge on any atom is -0.352 e.